The van der Waals surface area contributed by atoms with Gasteiger partial charge in [-0.05, 0) is 115 Å². The summed E-state index contributed by atoms with van der Waals surface area (Å²) in [6.07, 6.45) is 0. The third-order valence-corrected chi connectivity index (χ3v) is 11.2. The second-order valence-electron chi connectivity index (χ2n) is 13.9. The normalized spacial score (nSPS) is 11.8. The van der Waals surface area contributed by atoms with Gasteiger partial charge in [0.05, 0.1) is 0 Å². The highest BCUT2D eigenvalue weighted by Gasteiger charge is 2.24. The van der Waals surface area contributed by atoms with Crippen LogP contribution < -0.4 is 0 Å². The minimum absolute atomic E-state index is 1.22. The first kappa shape index (κ1) is 29.0. The first-order valence-electron chi connectivity index (χ1n) is 18.1. The Balaban J connectivity index is 1.40. The molecular weight excluding hydrogens is 625 g/mol. The van der Waals surface area contributed by atoms with E-state index in [2.05, 4.69) is 194 Å². The molecule has 11 aromatic carbocycles. The molecule has 0 aliphatic heterocycles. The Hall–Kier alpha value is -6.76. The van der Waals surface area contributed by atoms with Crippen LogP contribution in [-0.4, -0.2) is 0 Å². The molecule has 0 saturated carbocycles. The summed E-state index contributed by atoms with van der Waals surface area (Å²) >= 11 is 0. The predicted octanol–water partition coefficient (Wildman–Crippen LogP) is 14.7. The van der Waals surface area contributed by atoms with Gasteiger partial charge < -0.3 is 0 Å². The highest BCUT2D eigenvalue weighted by Crippen LogP contribution is 2.53. The molecule has 11 rings (SSSR count). The van der Waals surface area contributed by atoms with E-state index in [4.69, 9.17) is 0 Å². The van der Waals surface area contributed by atoms with Gasteiger partial charge in [0.15, 0.2) is 0 Å². The van der Waals surface area contributed by atoms with Gasteiger partial charge in [0.2, 0.25) is 0 Å². The highest BCUT2D eigenvalue weighted by atomic mass is 14.3. The maximum absolute atomic E-state index is 2.42. The molecule has 11 aromatic rings. The Labute approximate surface area is 302 Å². The van der Waals surface area contributed by atoms with Crippen LogP contribution >= 0.6 is 0 Å². The van der Waals surface area contributed by atoms with Crippen LogP contribution in [0.4, 0.5) is 0 Å². The first-order valence-corrected chi connectivity index (χ1v) is 18.1. The lowest BCUT2D eigenvalue weighted by Gasteiger charge is -2.24. The van der Waals surface area contributed by atoms with Crippen molar-refractivity contribution in [2.45, 2.75) is 0 Å². The van der Waals surface area contributed by atoms with Gasteiger partial charge in [-0.25, -0.2) is 0 Å². The number of hydrogen-bond acceptors (Lipinski definition) is 0. The Kier molecular flexibility index (Phi) is 6.35. The van der Waals surface area contributed by atoms with E-state index < -0.39 is 0 Å². The molecule has 0 aromatic heterocycles. The Morgan fingerprint density at radius 2 is 0.654 bits per heavy atom. The summed E-state index contributed by atoms with van der Waals surface area (Å²) in [5.41, 5.74) is 9.98. The molecule has 52 heavy (non-hydrogen) atoms. The summed E-state index contributed by atoms with van der Waals surface area (Å²) in [6.45, 7) is 0. The van der Waals surface area contributed by atoms with Crippen molar-refractivity contribution in [3.63, 3.8) is 0 Å². The number of hydrogen-bond donors (Lipinski definition) is 0. The Morgan fingerprint density at radius 1 is 0.212 bits per heavy atom. The van der Waals surface area contributed by atoms with Crippen LogP contribution in [0.2, 0.25) is 0 Å². The minimum atomic E-state index is 1.22. The molecule has 0 aliphatic rings. The van der Waals surface area contributed by atoms with Crippen molar-refractivity contribution < 1.29 is 0 Å². The fourth-order valence-corrected chi connectivity index (χ4v) is 9.06. The summed E-state index contributed by atoms with van der Waals surface area (Å²) in [6, 6.07) is 71.7. The third-order valence-electron chi connectivity index (χ3n) is 11.2. The molecule has 0 unspecified atom stereocenters. The molecule has 0 N–H and O–H groups in total. The maximum atomic E-state index is 2.42. The standard InChI is InChI=1S/C52H32/c1-4-16-33(17-5-1)37-30-31-45-50-42-25-13-12-24-41(42)49(47-38(34-18-6-2-7-19-34)26-14-27-39(47)35-20-8-3-9-21-35)44-29-15-28-43(51(44)50)48-40-23-11-10-22-36(40)32-46(37)52(45)48/h1-32H. The smallest absolute Gasteiger partial charge is 0.00134 e. The molecule has 0 bridgehead atoms. The summed E-state index contributed by atoms with van der Waals surface area (Å²) in [7, 11) is 0. The van der Waals surface area contributed by atoms with Crippen LogP contribution in [0.15, 0.2) is 194 Å². The highest BCUT2D eigenvalue weighted by molar-refractivity contribution is 6.44. The van der Waals surface area contributed by atoms with Gasteiger partial charge in [0.1, 0.15) is 0 Å². The molecule has 0 radical (unpaired) electrons. The van der Waals surface area contributed by atoms with Crippen LogP contribution in [0.5, 0.6) is 0 Å². The van der Waals surface area contributed by atoms with Crippen LogP contribution in [0.1, 0.15) is 0 Å². The molecule has 0 atom stereocenters. The van der Waals surface area contributed by atoms with Crippen LogP contribution in [-0.2, 0) is 0 Å². The topological polar surface area (TPSA) is 0 Å². The summed E-state index contributed by atoms with van der Waals surface area (Å²) in [5, 5.41) is 15.6. The minimum Gasteiger partial charge on any atom is -0.0622 e. The molecule has 0 saturated heterocycles. The molecule has 0 fully saturated rings. The van der Waals surface area contributed by atoms with Gasteiger partial charge in [-0.3, -0.25) is 0 Å². The van der Waals surface area contributed by atoms with E-state index in [0.717, 1.165) is 0 Å². The van der Waals surface area contributed by atoms with Crippen LogP contribution in [0.3, 0.4) is 0 Å². The number of benzene rings is 11. The van der Waals surface area contributed by atoms with Crippen molar-refractivity contribution in [3.8, 4) is 44.5 Å². The average molecular weight is 657 g/mol. The third kappa shape index (κ3) is 4.16. The van der Waals surface area contributed by atoms with E-state index in [1.54, 1.807) is 0 Å². The maximum Gasteiger partial charge on any atom is -0.00134 e. The Bertz CT molecular complexity index is 3080. The van der Waals surface area contributed by atoms with E-state index >= 15 is 0 Å². The lowest BCUT2D eigenvalue weighted by Crippen LogP contribution is -1.96. The molecule has 0 heterocycles. The van der Waals surface area contributed by atoms with E-state index in [0.29, 0.717) is 0 Å². The van der Waals surface area contributed by atoms with Gasteiger partial charge in [0, 0.05) is 0 Å². The predicted molar refractivity (Wildman–Crippen MR) is 224 cm³/mol. The molecule has 240 valence electrons. The van der Waals surface area contributed by atoms with Gasteiger partial charge in [-0.15, -0.1) is 0 Å². The van der Waals surface area contributed by atoms with E-state index in [1.807, 2.05) is 0 Å². The summed E-state index contributed by atoms with van der Waals surface area (Å²) in [5.74, 6) is 0. The van der Waals surface area contributed by atoms with Crippen molar-refractivity contribution in [2.75, 3.05) is 0 Å². The summed E-state index contributed by atoms with van der Waals surface area (Å²) < 4.78 is 0. The second-order valence-corrected chi connectivity index (χ2v) is 13.9. The van der Waals surface area contributed by atoms with E-state index in [-0.39, 0.29) is 0 Å². The fraction of sp³-hybridized carbons (Fsp3) is 0. The monoisotopic (exact) mass is 656 g/mol. The first-order chi connectivity index (χ1) is 25.8. The zero-order chi connectivity index (χ0) is 34.2. The second kappa shape index (κ2) is 11.4. The quantitative estimate of drug-likeness (QED) is 0.131. The van der Waals surface area contributed by atoms with Gasteiger partial charge >= 0.3 is 0 Å². The lowest BCUT2D eigenvalue weighted by molar-refractivity contribution is 1.58. The van der Waals surface area contributed by atoms with Crippen molar-refractivity contribution in [1.82, 2.24) is 0 Å². The molecule has 0 spiro atoms. The largest absolute Gasteiger partial charge is 0.0622 e. The molecule has 0 nitrogen and oxygen atoms in total. The van der Waals surface area contributed by atoms with Crippen molar-refractivity contribution >= 4 is 64.6 Å². The van der Waals surface area contributed by atoms with Gasteiger partial charge in [0.25, 0.3) is 0 Å². The van der Waals surface area contributed by atoms with Gasteiger partial charge in [-0.1, -0.05) is 188 Å². The summed E-state index contributed by atoms with van der Waals surface area (Å²) in [4.78, 5) is 0. The zero-order valence-electron chi connectivity index (χ0n) is 28.5. The van der Waals surface area contributed by atoms with Gasteiger partial charge in [-0.2, -0.15) is 0 Å². The number of rotatable bonds is 4. The lowest BCUT2D eigenvalue weighted by atomic mass is 9.79. The van der Waals surface area contributed by atoms with Crippen molar-refractivity contribution in [2.24, 2.45) is 0 Å². The van der Waals surface area contributed by atoms with Crippen LogP contribution in [0.25, 0.3) is 109 Å². The number of fused-ring (bicyclic) bond motifs is 6. The average Bonchev–Trinajstić information content (AvgIpc) is 3.22. The van der Waals surface area contributed by atoms with Crippen molar-refractivity contribution in [1.29, 1.82) is 0 Å². The van der Waals surface area contributed by atoms with Crippen molar-refractivity contribution in [3.05, 3.63) is 194 Å². The SMILES string of the molecule is c1ccc(-c2cccc(-c3ccccc3)c2-c2c3ccccc3c3c4ccc(-c5ccccc5)c5cc6ccccc6c(c6cccc2c63)c54)cc1. The molecule has 0 amide bonds. The van der Waals surface area contributed by atoms with E-state index in [1.165, 1.54) is 109 Å². The fourth-order valence-electron chi connectivity index (χ4n) is 9.06. The zero-order valence-corrected chi connectivity index (χ0v) is 28.5. The molecule has 0 heteroatoms. The molecule has 0 aliphatic carbocycles. The van der Waals surface area contributed by atoms with E-state index in [9.17, 15) is 0 Å². The Morgan fingerprint density at radius 3 is 1.33 bits per heavy atom. The molecular formula is C52H32. The van der Waals surface area contributed by atoms with Crippen LogP contribution in [0, 0.1) is 0 Å².